The number of hydrogen-bond acceptors (Lipinski definition) is 4. The summed E-state index contributed by atoms with van der Waals surface area (Å²) in [5.74, 6) is 1.71. The first-order valence-corrected chi connectivity index (χ1v) is 6.24. The van der Waals surface area contributed by atoms with Crippen molar-refractivity contribution < 1.29 is 9.47 Å². The van der Waals surface area contributed by atoms with Crippen molar-refractivity contribution in [3.63, 3.8) is 0 Å². The van der Waals surface area contributed by atoms with E-state index in [0.29, 0.717) is 22.3 Å². The number of nitrogen functional groups attached to an aromatic ring is 1. The van der Waals surface area contributed by atoms with Crippen LogP contribution in [0.5, 0.6) is 11.5 Å². The molecular formula is C13H16ClN3O2. The zero-order valence-electron chi connectivity index (χ0n) is 11.1. The van der Waals surface area contributed by atoms with Gasteiger partial charge in [-0.1, -0.05) is 18.5 Å². The molecule has 0 unspecified atom stereocenters. The predicted octanol–water partition coefficient (Wildman–Crippen LogP) is 2.89. The maximum absolute atomic E-state index is 6.34. The van der Waals surface area contributed by atoms with Gasteiger partial charge in [-0.3, -0.25) is 5.10 Å². The molecule has 0 aliphatic carbocycles. The van der Waals surface area contributed by atoms with Crippen LogP contribution >= 0.6 is 11.6 Å². The van der Waals surface area contributed by atoms with E-state index in [-0.39, 0.29) is 0 Å². The Morgan fingerprint density at radius 2 is 2.05 bits per heavy atom. The van der Waals surface area contributed by atoms with E-state index in [2.05, 4.69) is 10.2 Å². The van der Waals surface area contributed by atoms with Gasteiger partial charge < -0.3 is 15.2 Å². The minimum absolute atomic E-state index is 0.419. The Hall–Kier alpha value is -1.88. The van der Waals surface area contributed by atoms with E-state index in [0.717, 1.165) is 23.2 Å². The van der Waals surface area contributed by atoms with Gasteiger partial charge in [0, 0.05) is 23.3 Å². The number of nitrogens with zero attached hydrogens (tertiary/aromatic N) is 1. The first-order chi connectivity index (χ1) is 9.12. The fraction of sp³-hybridized carbons (Fsp3) is 0.308. The average molecular weight is 282 g/mol. The first-order valence-electron chi connectivity index (χ1n) is 5.86. The van der Waals surface area contributed by atoms with Crippen molar-refractivity contribution in [3.05, 3.63) is 22.7 Å². The van der Waals surface area contributed by atoms with Gasteiger partial charge >= 0.3 is 0 Å². The van der Waals surface area contributed by atoms with Crippen LogP contribution in [0.3, 0.4) is 0 Å². The van der Waals surface area contributed by atoms with Crippen molar-refractivity contribution in [3.8, 4) is 22.8 Å². The highest BCUT2D eigenvalue weighted by molar-refractivity contribution is 6.33. The normalized spacial score (nSPS) is 10.5. The van der Waals surface area contributed by atoms with E-state index in [1.807, 2.05) is 6.92 Å². The number of aromatic nitrogens is 2. The highest BCUT2D eigenvalue weighted by Gasteiger charge is 2.20. The fourth-order valence-corrected chi connectivity index (χ4v) is 2.44. The van der Waals surface area contributed by atoms with Crippen LogP contribution in [0.4, 0.5) is 5.82 Å². The highest BCUT2D eigenvalue weighted by Crippen LogP contribution is 2.43. The van der Waals surface area contributed by atoms with Crippen LogP contribution in [-0.4, -0.2) is 24.4 Å². The molecule has 102 valence electrons. The van der Waals surface area contributed by atoms with Gasteiger partial charge in [0.25, 0.3) is 0 Å². The number of ether oxygens (including phenoxy) is 2. The van der Waals surface area contributed by atoms with Crippen LogP contribution in [0.25, 0.3) is 11.3 Å². The summed E-state index contributed by atoms with van der Waals surface area (Å²) in [5.41, 5.74) is 8.20. The summed E-state index contributed by atoms with van der Waals surface area (Å²) in [4.78, 5) is 0. The van der Waals surface area contributed by atoms with Crippen LogP contribution in [0, 0.1) is 0 Å². The lowest BCUT2D eigenvalue weighted by Crippen LogP contribution is -1.99. The summed E-state index contributed by atoms with van der Waals surface area (Å²) in [7, 11) is 3.19. The smallest absolute Gasteiger partial charge is 0.164 e. The zero-order chi connectivity index (χ0) is 14.0. The van der Waals surface area contributed by atoms with Gasteiger partial charge in [0.05, 0.1) is 24.9 Å². The molecule has 1 aromatic carbocycles. The third kappa shape index (κ3) is 2.33. The topological polar surface area (TPSA) is 73.2 Å². The number of nitrogens with two attached hydrogens (primary N) is 1. The number of rotatable bonds is 4. The molecule has 0 aliphatic rings. The van der Waals surface area contributed by atoms with Gasteiger partial charge in [-0.2, -0.15) is 5.10 Å². The monoisotopic (exact) mass is 281 g/mol. The Morgan fingerprint density at radius 1 is 1.32 bits per heavy atom. The SMILES string of the molecule is CCc1c(OC)c(OC)cc(Cl)c1-c1cc(N)n[nH]1. The van der Waals surface area contributed by atoms with Gasteiger partial charge in [0.15, 0.2) is 11.5 Å². The Bertz CT molecular complexity index is 596. The van der Waals surface area contributed by atoms with Crippen molar-refractivity contribution in [2.45, 2.75) is 13.3 Å². The third-order valence-electron chi connectivity index (χ3n) is 2.94. The number of H-pyrrole nitrogens is 1. The maximum atomic E-state index is 6.34. The standard InChI is InChI=1S/C13H16ClN3O2/c1-4-7-12(9-6-11(15)17-16-9)8(14)5-10(18-2)13(7)19-3/h5-6H,4H2,1-3H3,(H3,15,16,17). The Kier molecular flexibility index (Phi) is 3.85. The largest absolute Gasteiger partial charge is 0.493 e. The molecular weight excluding hydrogens is 266 g/mol. The fourth-order valence-electron chi connectivity index (χ4n) is 2.13. The van der Waals surface area contributed by atoms with Crippen molar-refractivity contribution >= 4 is 17.4 Å². The molecule has 0 saturated heterocycles. The minimum atomic E-state index is 0.419. The highest BCUT2D eigenvalue weighted by atomic mass is 35.5. The molecule has 2 rings (SSSR count). The summed E-state index contributed by atoms with van der Waals surface area (Å²) in [6.45, 7) is 2.02. The van der Waals surface area contributed by atoms with Gasteiger partial charge in [-0.15, -0.1) is 0 Å². The summed E-state index contributed by atoms with van der Waals surface area (Å²) >= 11 is 6.34. The quantitative estimate of drug-likeness (QED) is 0.904. The second-order valence-electron chi connectivity index (χ2n) is 4.01. The van der Waals surface area contributed by atoms with Crippen molar-refractivity contribution in [2.75, 3.05) is 20.0 Å². The summed E-state index contributed by atoms with van der Waals surface area (Å²) in [5, 5.41) is 7.37. The molecule has 3 N–H and O–H groups in total. The number of nitrogens with one attached hydrogen (secondary N) is 1. The number of hydrogen-bond donors (Lipinski definition) is 2. The molecule has 0 atom stereocenters. The first kappa shape index (κ1) is 13.5. The van der Waals surface area contributed by atoms with Crippen molar-refractivity contribution in [1.29, 1.82) is 0 Å². The number of anilines is 1. The molecule has 1 heterocycles. The molecule has 0 amide bonds. The van der Waals surface area contributed by atoms with E-state index in [4.69, 9.17) is 26.8 Å². The number of methoxy groups -OCH3 is 2. The molecule has 6 heteroatoms. The van der Waals surface area contributed by atoms with E-state index >= 15 is 0 Å². The second kappa shape index (κ2) is 5.40. The summed E-state index contributed by atoms with van der Waals surface area (Å²) in [6.07, 6.45) is 0.744. The molecule has 0 radical (unpaired) electrons. The molecule has 0 spiro atoms. The molecule has 0 fully saturated rings. The lowest BCUT2D eigenvalue weighted by atomic mass is 10.0. The molecule has 0 bridgehead atoms. The Morgan fingerprint density at radius 3 is 2.53 bits per heavy atom. The summed E-state index contributed by atoms with van der Waals surface area (Å²) in [6, 6.07) is 3.47. The Balaban J connectivity index is 2.72. The molecule has 5 nitrogen and oxygen atoms in total. The van der Waals surface area contributed by atoms with E-state index in [1.165, 1.54) is 0 Å². The van der Waals surface area contributed by atoms with E-state index in [9.17, 15) is 0 Å². The van der Waals surface area contributed by atoms with Crippen LogP contribution in [0.1, 0.15) is 12.5 Å². The van der Waals surface area contributed by atoms with E-state index in [1.54, 1.807) is 26.4 Å². The third-order valence-corrected chi connectivity index (χ3v) is 3.24. The Labute approximate surface area is 116 Å². The molecule has 1 aromatic heterocycles. The molecule has 2 aromatic rings. The lowest BCUT2D eigenvalue weighted by Gasteiger charge is -2.16. The van der Waals surface area contributed by atoms with Gasteiger partial charge in [-0.25, -0.2) is 0 Å². The van der Waals surface area contributed by atoms with Crippen LogP contribution in [0.15, 0.2) is 12.1 Å². The second-order valence-corrected chi connectivity index (χ2v) is 4.41. The molecule has 0 saturated carbocycles. The molecule has 0 aliphatic heterocycles. The predicted molar refractivity (Wildman–Crippen MR) is 75.9 cm³/mol. The molecule has 19 heavy (non-hydrogen) atoms. The van der Waals surface area contributed by atoms with E-state index < -0.39 is 0 Å². The van der Waals surface area contributed by atoms with Crippen LogP contribution in [0.2, 0.25) is 5.02 Å². The van der Waals surface area contributed by atoms with Crippen molar-refractivity contribution in [1.82, 2.24) is 10.2 Å². The van der Waals surface area contributed by atoms with Crippen LogP contribution in [-0.2, 0) is 6.42 Å². The number of aromatic amines is 1. The summed E-state index contributed by atoms with van der Waals surface area (Å²) < 4.78 is 10.7. The van der Waals surface area contributed by atoms with Gasteiger partial charge in [0.2, 0.25) is 0 Å². The zero-order valence-corrected chi connectivity index (χ0v) is 11.8. The number of benzene rings is 1. The number of halogens is 1. The lowest BCUT2D eigenvalue weighted by molar-refractivity contribution is 0.352. The minimum Gasteiger partial charge on any atom is -0.493 e. The van der Waals surface area contributed by atoms with Crippen molar-refractivity contribution in [2.24, 2.45) is 0 Å². The van der Waals surface area contributed by atoms with Crippen LogP contribution < -0.4 is 15.2 Å². The average Bonchev–Trinajstić information content (AvgIpc) is 2.83. The van der Waals surface area contributed by atoms with Gasteiger partial charge in [0.1, 0.15) is 5.82 Å². The maximum Gasteiger partial charge on any atom is 0.164 e. The van der Waals surface area contributed by atoms with Gasteiger partial charge in [-0.05, 0) is 6.42 Å².